The number of hydrogen-bond acceptors (Lipinski definition) is 6. The van der Waals surface area contributed by atoms with Gasteiger partial charge < -0.3 is 9.88 Å². The highest BCUT2D eigenvalue weighted by atomic mass is 32.2. The van der Waals surface area contributed by atoms with E-state index >= 15 is 0 Å². The van der Waals surface area contributed by atoms with Crippen LogP contribution >= 0.6 is 11.8 Å². The van der Waals surface area contributed by atoms with E-state index in [-0.39, 0.29) is 17.6 Å². The van der Waals surface area contributed by atoms with Crippen LogP contribution in [0.5, 0.6) is 0 Å². The molecule has 0 aromatic carbocycles. The molecule has 1 fully saturated rings. The van der Waals surface area contributed by atoms with Gasteiger partial charge in [0.05, 0.1) is 11.8 Å². The summed E-state index contributed by atoms with van der Waals surface area (Å²) in [6, 6.07) is 5.95. The molecule has 1 N–H and O–H groups in total. The van der Waals surface area contributed by atoms with Crippen LogP contribution in [0.3, 0.4) is 0 Å². The smallest absolute Gasteiger partial charge is 0.231 e. The van der Waals surface area contributed by atoms with Gasteiger partial charge in [0.15, 0.2) is 11.0 Å². The van der Waals surface area contributed by atoms with Crippen LogP contribution in [0.25, 0.3) is 11.4 Å². The Morgan fingerprint density at radius 3 is 2.79 bits per heavy atom. The quantitative estimate of drug-likeness (QED) is 0.804. The fourth-order valence-electron chi connectivity index (χ4n) is 2.53. The summed E-state index contributed by atoms with van der Waals surface area (Å²) in [7, 11) is 1.86. The fourth-order valence-corrected chi connectivity index (χ4v) is 3.24. The number of nitrogens with zero attached hydrogens (tertiary/aromatic N) is 5. The van der Waals surface area contributed by atoms with Crippen molar-refractivity contribution in [1.29, 1.82) is 5.26 Å². The third kappa shape index (κ3) is 3.41. The Balaban J connectivity index is 1.62. The second kappa shape index (κ2) is 6.61. The molecule has 0 aliphatic heterocycles. The summed E-state index contributed by atoms with van der Waals surface area (Å²) in [5.74, 6) is 1.03. The van der Waals surface area contributed by atoms with Gasteiger partial charge in [-0.15, -0.1) is 10.2 Å². The van der Waals surface area contributed by atoms with Crippen molar-refractivity contribution in [2.45, 2.75) is 30.5 Å². The first-order valence-corrected chi connectivity index (χ1v) is 8.67. The van der Waals surface area contributed by atoms with E-state index in [4.69, 9.17) is 0 Å². The Bertz CT molecular complexity index is 780. The standard InChI is InChI=1S/C16H18N6OS/c1-16(10-17,12-3-4-12)19-13(23)9-24-15-21-20-14(22(15)2)11-5-7-18-8-6-11/h5-8,12H,3-4,9H2,1-2H3,(H,19,23)/t16-/m1/s1. The first-order valence-electron chi connectivity index (χ1n) is 7.68. The van der Waals surface area contributed by atoms with Crippen molar-refractivity contribution >= 4 is 17.7 Å². The molecular weight excluding hydrogens is 324 g/mol. The molecule has 3 rings (SSSR count). The van der Waals surface area contributed by atoms with Crippen LogP contribution in [-0.4, -0.2) is 36.9 Å². The number of nitriles is 1. The number of hydrogen-bond donors (Lipinski definition) is 1. The lowest BCUT2D eigenvalue weighted by Crippen LogP contribution is -2.47. The van der Waals surface area contributed by atoms with E-state index in [1.807, 2.05) is 23.7 Å². The average molecular weight is 342 g/mol. The number of rotatable bonds is 6. The third-order valence-corrected chi connectivity index (χ3v) is 5.15. The molecule has 0 unspecified atom stereocenters. The number of nitrogens with one attached hydrogen (secondary N) is 1. The summed E-state index contributed by atoms with van der Waals surface area (Å²) in [5, 5.41) is 21.1. The molecule has 1 amide bonds. The molecule has 0 radical (unpaired) electrons. The molecular formula is C16H18N6OS. The number of thioether (sulfide) groups is 1. The second-order valence-electron chi connectivity index (χ2n) is 6.03. The number of carbonyl (C=O) groups is 1. The predicted molar refractivity (Wildman–Crippen MR) is 89.8 cm³/mol. The average Bonchev–Trinajstić information content (AvgIpc) is 3.38. The van der Waals surface area contributed by atoms with Crippen LogP contribution in [0.4, 0.5) is 0 Å². The fraction of sp³-hybridized carbons (Fsp3) is 0.438. The summed E-state index contributed by atoms with van der Waals surface area (Å²) in [6.07, 6.45) is 5.39. The Labute approximate surface area is 144 Å². The Kier molecular flexibility index (Phi) is 4.53. The summed E-state index contributed by atoms with van der Waals surface area (Å²) >= 11 is 1.31. The van der Waals surface area contributed by atoms with Crippen molar-refractivity contribution in [2.75, 3.05) is 5.75 Å². The molecule has 7 nitrogen and oxygen atoms in total. The first-order chi connectivity index (χ1) is 11.5. The van der Waals surface area contributed by atoms with Gasteiger partial charge in [0.2, 0.25) is 5.91 Å². The van der Waals surface area contributed by atoms with E-state index in [2.05, 4.69) is 26.6 Å². The van der Waals surface area contributed by atoms with Crippen molar-refractivity contribution < 1.29 is 4.79 Å². The topological polar surface area (TPSA) is 96.5 Å². The Morgan fingerprint density at radius 2 is 2.17 bits per heavy atom. The largest absolute Gasteiger partial charge is 0.337 e. The molecule has 8 heteroatoms. The normalized spacial score (nSPS) is 16.2. The lowest BCUT2D eigenvalue weighted by molar-refractivity contribution is -0.119. The zero-order valence-corrected chi connectivity index (χ0v) is 14.4. The zero-order chi connectivity index (χ0) is 17.2. The second-order valence-corrected chi connectivity index (χ2v) is 6.97. The maximum Gasteiger partial charge on any atom is 0.231 e. The lowest BCUT2D eigenvalue weighted by atomic mass is 9.98. The Morgan fingerprint density at radius 1 is 1.46 bits per heavy atom. The van der Waals surface area contributed by atoms with Crippen LogP contribution in [0.1, 0.15) is 19.8 Å². The van der Waals surface area contributed by atoms with Crippen LogP contribution < -0.4 is 5.32 Å². The van der Waals surface area contributed by atoms with Gasteiger partial charge in [-0.1, -0.05) is 11.8 Å². The summed E-state index contributed by atoms with van der Waals surface area (Å²) in [5.41, 5.74) is 0.154. The van der Waals surface area contributed by atoms with E-state index in [0.29, 0.717) is 5.16 Å². The highest BCUT2D eigenvalue weighted by Crippen LogP contribution is 2.39. The van der Waals surface area contributed by atoms with Gasteiger partial charge in [0.25, 0.3) is 0 Å². The Hall–Kier alpha value is -2.40. The van der Waals surface area contributed by atoms with E-state index in [0.717, 1.165) is 24.2 Å². The number of amides is 1. The molecule has 1 aliphatic carbocycles. The van der Waals surface area contributed by atoms with Gasteiger partial charge >= 0.3 is 0 Å². The minimum absolute atomic E-state index is 0.163. The van der Waals surface area contributed by atoms with E-state index in [1.165, 1.54) is 11.8 Å². The molecule has 0 spiro atoms. The maximum atomic E-state index is 12.2. The summed E-state index contributed by atoms with van der Waals surface area (Å²) in [4.78, 5) is 16.1. The number of carbonyl (C=O) groups excluding carboxylic acids is 1. The van der Waals surface area contributed by atoms with Crippen molar-refractivity contribution in [3.05, 3.63) is 24.5 Å². The molecule has 0 saturated heterocycles. The molecule has 1 aliphatic rings. The van der Waals surface area contributed by atoms with Gasteiger partial charge in [-0.25, -0.2) is 0 Å². The van der Waals surface area contributed by atoms with Crippen molar-refractivity contribution in [1.82, 2.24) is 25.1 Å². The van der Waals surface area contributed by atoms with Gasteiger partial charge in [0.1, 0.15) is 5.54 Å². The van der Waals surface area contributed by atoms with Crippen molar-refractivity contribution in [3.63, 3.8) is 0 Å². The lowest BCUT2D eigenvalue weighted by Gasteiger charge is -2.22. The van der Waals surface area contributed by atoms with Gasteiger partial charge in [0, 0.05) is 25.0 Å². The molecule has 24 heavy (non-hydrogen) atoms. The molecule has 2 aromatic rings. The number of pyridine rings is 1. The maximum absolute atomic E-state index is 12.2. The number of aromatic nitrogens is 4. The molecule has 0 bridgehead atoms. The summed E-state index contributed by atoms with van der Waals surface area (Å²) < 4.78 is 1.84. The predicted octanol–water partition coefficient (Wildman–Crippen LogP) is 1.78. The summed E-state index contributed by atoms with van der Waals surface area (Å²) in [6.45, 7) is 1.79. The van der Waals surface area contributed by atoms with Crippen LogP contribution in [0, 0.1) is 17.2 Å². The molecule has 2 heterocycles. The van der Waals surface area contributed by atoms with Gasteiger partial charge in [-0.05, 0) is 37.8 Å². The minimum atomic E-state index is -0.764. The van der Waals surface area contributed by atoms with E-state index in [1.54, 1.807) is 19.3 Å². The highest BCUT2D eigenvalue weighted by molar-refractivity contribution is 7.99. The van der Waals surface area contributed by atoms with Gasteiger partial charge in [-0.2, -0.15) is 5.26 Å². The molecule has 2 aromatic heterocycles. The van der Waals surface area contributed by atoms with Crippen molar-refractivity contribution in [2.24, 2.45) is 13.0 Å². The first kappa shape index (κ1) is 16.5. The minimum Gasteiger partial charge on any atom is -0.337 e. The van der Waals surface area contributed by atoms with Gasteiger partial charge in [-0.3, -0.25) is 9.78 Å². The van der Waals surface area contributed by atoms with E-state index in [9.17, 15) is 10.1 Å². The van der Waals surface area contributed by atoms with Crippen LogP contribution in [0.15, 0.2) is 29.7 Å². The third-order valence-electron chi connectivity index (χ3n) is 4.13. The zero-order valence-electron chi connectivity index (χ0n) is 13.6. The molecule has 124 valence electrons. The van der Waals surface area contributed by atoms with Crippen LogP contribution in [-0.2, 0) is 11.8 Å². The van der Waals surface area contributed by atoms with Crippen LogP contribution in [0.2, 0.25) is 0 Å². The molecule has 1 atom stereocenters. The highest BCUT2D eigenvalue weighted by Gasteiger charge is 2.42. The van der Waals surface area contributed by atoms with E-state index < -0.39 is 5.54 Å². The monoisotopic (exact) mass is 342 g/mol. The SMILES string of the molecule is Cn1c(SCC(=O)N[C@](C)(C#N)C2CC2)nnc1-c1ccncc1. The molecule has 1 saturated carbocycles. The van der Waals surface area contributed by atoms with Crippen molar-refractivity contribution in [3.8, 4) is 17.5 Å².